The third-order valence-electron chi connectivity index (χ3n) is 9.22. The lowest BCUT2D eigenvalue weighted by atomic mass is 9.85. The van der Waals surface area contributed by atoms with Gasteiger partial charge in [0.15, 0.2) is 0 Å². The Balaban J connectivity index is 1.37. The van der Waals surface area contributed by atoms with Crippen molar-refractivity contribution in [2.75, 3.05) is 13.1 Å². The standard InChI is InChI=1S/C39H49N3/c1-8-31-26-35(18-19-37(31)33-20-23-41(24-21-33)30(7)32-16-17-32)42-25-22-34-14-11-15-36(39(34)42)28(5)12-10-13-29(6)40-38(9-2)27(3)4/h10-15,18-19,22,25-26,32-33,40H,6-9,16-17,20-21,23-24H2,1-5H3/b13-10-,28-12+. The monoisotopic (exact) mass is 559 g/mol. The average Bonchev–Trinajstić information content (AvgIpc) is 3.77. The lowest BCUT2D eigenvalue weighted by Crippen LogP contribution is -2.32. The van der Waals surface area contributed by atoms with Crippen LogP contribution in [0.1, 0.15) is 89.3 Å². The first kappa shape index (κ1) is 29.8. The largest absolute Gasteiger partial charge is 0.375 e. The first-order chi connectivity index (χ1) is 20.3. The van der Waals surface area contributed by atoms with E-state index in [1.165, 1.54) is 75.9 Å². The summed E-state index contributed by atoms with van der Waals surface area (Å²) in [5.74, 6) is 1.40. The fourth-order valence-corrected chi connectivity index (χ4v) is 6.53. The predicted octanol–water partition coefficient (Wildman–Crippen LogP) is 10.1. The molecule has 2 aromatic carbocycles. The minimum absolute atomic E-state index is 0.639. The maximum atomic E-state index is 4.41. The van der Waals surface area contributed by atoms with Crippen molar-refractivity contribution < 1.29 is 0 Å². The fourth-order valence-electron chi connectivity index (χ4n) is 6.53. The number of hydrogen-bond acceptors (Lipinski definition) is 2. The zero-order chi connectivity index (χ0) is 29.8. The van der Waals surface area contributed by atoms with Gasteiger partial charge in [-0.3, -0.25) is 0 Å². The van der Waals surface area contributed by atoms with Crippen molar-refractivity contribution in [1.29, 1.82) is 0 Å². The van der Waals surface area contributed by atoms with E-state index in [9.17, 15) is 0 Å². The molecule has 1 N–H and O–H groups in total. The zero-order valence-corrected chi connectivity index (χ0v) is 26.5. The van der Waals surface area contributed by atoms with E-state index in [-0.39, 0.29) is 0 Å². The summed E-state index contributed by atoms with van der Waals surface area (Å²) in [5, 5.41) is 4.71. The lowest BCUT2D eigenvalue weighted by molar-refractivity contribution is 0.253. The smallest absolute Gasteiger partial charge is 0.0603 e. The first-order valence-corrected chi connectivity index (χ1v) is 15.9. The maximum Gasteiger partial charge on any atom is 0.0603 e. The number of hydrogen-bond donors (Lipinski definition) is 1. The van der Waals surface area contributed by atoms with E-state index >= 15 is 0 Å². The van der Waals surface area contributed by atoms with E-state index in [1.54, 1.807) is 5.56 Å². The predicted molar refractivity (Wildman–Crippen MR) is 182 cm³/mol. The Hall–Kier alpha value is -3.72. The van der Waals surface area contributed by atoms with Crippen LogP contribution >= 0.6 is 0 Å². The molecule has 2 fully saturated rings. The molecule has 1 aliphatic heterocycles. The van der Waals surface area contributed by atoms with Gasteiger partial charge in [0.1, 0.15) is 0 Å². The summed E-state index contributed by atoms with van der Waals surface area (Å²) < 4.78 is 2.37. The minimum Gasteiger partial charge on any atom is -0.375 e. The van der Waals surface area contributed by atoms with Crippen molar-refractivity contribution in [1.82, 2.24) is 14.8 Å². The van der Waals surface area contributed by atoms with Crippen LogP contribution < -0.4 is 5.32 Å². The van der Waals surface area contributed by atoms with E-state index in [1.807, 2.05) is 0 Å². The van der Waals surface area contributed by atoms with Gasteiger partial charge in [-0.1, -0.05) is 69.0 Å². The third kappa shape index (κ3) is 6.51. The van der Waals surface area contributed by atoms with Crippen LogP contribution in [0.2, 0.25) is 0 Å². The van der Waals surface area contributed by atoms with Crippen molar-refractivity contribution in [3.8, 4) is 5.69 Å². The molecule has 0 bridgehead atoms. The summed E-state index contributed by atoms with van der Waals surface area (Å²) >= 11 is 0. The molecule has 0 radical (unpaired) electrons. The van der Waals surface area contributed by atoms with E-state index in [2.05, 4.69) is 129 Å². The van der Waals surface area contributed by atoms with Crippen molar-refractivity contribution in [2.24, 2.45) is 5.92 Å². The lowest BCUT2D eigenvalue weighted by Gasteiger charge is -2.36. The molecule has 3 heteroatoms. The second kappa shape index (κ2) is 13.1. The van der Waals surface area contributed by atoms with Gasteiger partial charge in [-0.2, -0.15) is 0 Å². The van der Waals surface area contributed by atoms with Crippen LogP contribution in [0.5, 0.6) is 0 Å². The molecular weight excluding hydrogens is 510 g/mol. The normalized spacial score (nSPS) is 16.3. The number of fused-ring (bicyclic) bond motifs is 1. The molecular formula is C39H49N3. The third-order valence-corrected chi connectivity index (χ3v) is 9.22. The molecule has 0 amide bonds. The number of nitrogens with zero attached hydrogens (tertiary/aromatic N) is 2. The molecule has 0 spiro atoms. The van der Waals surface area contributed by atoms with Gasteiger partial charge in [0, 0.05) is 53.0 Å². The Kier molecular flexibility index (Phi) is 9.26. The van der Waals surface area contributed by atoms with Gasteiger partial charge in [-0.05, 0) is 112 Å². The van der Waals surface area contributed by atoms with Gasteiger partial charge in [0.25, 0.3) is 0 Å². The molecule has 1 saturated heterocycles. The zero-order valence-electron chi connectivity index (χ0n) is 26.5. The number of rotatable bonds is 11. The summed E-state index contributed by atoms with van der Waals surface area (Å²) in [4.78, 5) is 2.56. The van der Waals surface area contributed by atoms with Crippen molar-refractivity contribution in [2.45, 2.75) is 79.1 Å². The van der Waals surface area contributed by atoms with Gasteiger partial charge in [0.05, 0.1) is 5.52 Å². The molecule has 220 valence electrons. The van der Waals surface area contributed by atoms with Crippen LogP contribution in [0.25, 0.3) is 22.2 Å². The Morgan fingerprint density at radius 3 is 2.40 bits per heavy atom. The highest BCUT2D eigenvalue weighted by atomic mass is 15.1. The number of benzene rings is 2. The fraction of sp³-hybridized carbons (Fsp3) is 0.385. The molecule has 2 heterocycles. The molecule has 1 saturated carbocycles. The molecule has 0 atom stereocenters. The molecule has 3 nitrogen and oxygen atoms in total. The Morgan fingerprint density at radius 1 is 0.976 bits per heavy atom. The maximum absolute atomic E-state index is 4.41. The van der Waals surface area contributed by atoms with Crippen LogP contribution in [0.3, 0.4) is 0 Å². The van der Waals surface area contributed by atoms with Crippen molar-refractivity contribution in [3.63, 3.8) is 0 Å². The Morgan fingerprint density at radius 2 is 1.74 bits per heavy atom. The summed E-state index contributed by atoms with van der Waals surface area (Å²) in [7, 11) is 0. The van der Waals surface area contributed by atoms with E-state index in [4.69, 9.17) is 0 Å². The van der Waals surface area contributed by atoms with Crippen molar-refractivity contribution in [3.05, 3.63) is 119 Å². The van der Waals surface area contributed by atoms with Gasteiger partial charge in [-0.15, -0.1) is 0 Å². The highest BCUT2D eigenvalue weighted by Gasteiger charge is 2.31. The van der Waals surface area contributed by atoms with Gasteiger partial charge in [0.2, 0.25) is 0 Å². The second-order valence-corrected chi connectivity index (χ2v) is 12.4. The highest BCUT2D eigenvalue weighted by molar-refractivity contribution is 5.93. The van der Waals surface area contributed by atoms with Gasteiger partial charge >= 0.3 is 0 Å². The van der Waals surface area contributed by atoms with Crippen molar-refractivity contribution >= 4 is 16.5 Å². The highest BCUT2D eigenvalue weighted by Crippen LogP contribution is 2.40. The van der Waals surface area contributed by atoms with E-state index < -0.39 is 0 Å². The van der Waals surface area contributed by atoms with Crippen LogP contribution in [0.15, 0.2) is 103 Å². The molecule has 2 aliphatic rings. The molecule has 1 aromatic heterocycles. The van der Waals surface area contributed by atoms with E-state index in [0.717, 1.165) is 37.5 Å². The Labute approximate surface area is 254 Å². The SMILES string of the molecule is C=C(/C=C\C=C(/C)c1cccc2ccn(-c3ccc(C4CCN(C(=C)C5CC5)CC4)c(CC)c3)c12)NC(CC)=C(C)C. The number of piperidine rings is 1. The summed E-state index contributed by atoms with van der Waals surface area (Å²) in [6.07, 6.45) is 15.7. The number of allylic oxidation sites excluding steroid dienone is 7. The number of para-hydroxylation sites is 1. The topological polar surface area (TPSA) is 20.2 Å². The molecule has 5 rings (SSSR count). The van der Waals surface area contributed by atoms with Crippen LogP contribution in [-0.2, 0) is 6.42 Å². The summed E-state index contributed by atoms with van der Waals surface area (Å²) in [6.45, 7) is 21.8. The van der Waals surface area contributed by atoms with Crippen LogP contribution in [0, 0.1) is 5.92 Å². The second-order valence-electron chi connectivity index (χ2n) is 12.4. The quantitative estimate of drug-likeness (QED) is 0.236. The first-order valence-electron chi connectivity index (χ1n) is 15.9. The number of aromatic nitrogens is 1. The number of aryl methyl sites for hydroxylation is 1. The molecule has 42 heavy (non-hydrogen) atoms. The summed E-state index contributed by atoms with van der Waals surface area (Å²) in [5.41, 5.74) is 12.8. The molecule has 3 aromatic rings. The number of nitrogens with one attached hydrogen (secondary N) is 1. The van der Waals surface area contributed by atoms with Gasteiger partial charge in [-0.25, -0.2) is 0 Å². The number of likely N-dealkylation sites (tertiary alicyclic amines) is 1. The summed E-state index contributed by atoms with van der Waals surface area (Å²) in [6, 6.07) is 16.0. The van der Waals surface area contributed by atoms with Gasteiger partial charge < -0.3 is 14.8 Å². The minimum atomic E-state index is 0.639. The Bertz CT molecular complexity index is 1540. The van der Waals surface area contributed by atoms with Crippen LogP contribution in [0.4, 0.5) is 0 Å². The average molecular weight is 560 g/mol. The van der Waals surface area contributed by atoms with E-state index in [0.29, 0.717) is 5.92 Å². The van der Waals surface area contributed by atoms with Crippen LogP contribution in [-0.4, -0.2) is 22.6 Å². The molecule has 0 unspecified atom stereocenters. The molecule has 1 aliphatic carbocycles.